The minimum absolute atomic E-state index is 0.0186. The lowest BCUT2D eigenvalue weighted by Gasteiger charge is -2.09. The molecule has 0 aliphatic heterocycles. The lowest BCUT2D eigenvalue weighted by molar-refractivity contribution is -0.385. The largest absolute Gasteiger partial charge is 0.490 e. The molecule has 0 unspecified atom stereocenters. The summed E-state index contributed by atoms with van der Waals surface area (Å²) in [6, 6.07) is 9.90. The van der Waals surface area contributed by atoms with Gasteiger partial charge in [0.1, 0.15) is 0 Å². The third kappa shape index (κ3) is 5.51. The molecule has 0 atom stereocenters. The van der Waals surface area contributed by atoms with Crippen LogP contribution in [0.15, 0.2) is 46.9 Å². The minimum Gasteiger partial charge on any atom is -0.490 e. The van der Waals surface area contributed by atoms with Crippen molar-refractivity contribution < 1.29 is 28.8 Å². The van der Waals surface area contributed by atoms with Crippen molar-refractivity contribution in [2.45, 2.75) is 0 Å². The molecule has 10 nitrogen and oxygen atoms in total. The van der Waals surface area contributed by atoms with Crippen LogP contribution in [0, 0.1) is 10.1 Å². The summed E-state index contributed by atoms with van der Waals surface area (Å²) in [5.74, 6) is -2.31. The average Bonchev–Trinajstić information content (AvgIpc) is 2.70. The number of nitro benzene ring substituents is 1. The Kier molecular flexibility index (Phi) is 7.04. The first-order valence-electron chi connectivity index (χ1n) is 7.66. The van der Waals surface area contributed by atoms with Crippen molar-refractivity contribution in [3.05, 3.63) is 68.2 Å². The standard InChI is InChI=1S/C17H14BrN3O7/c1-27-14-7-4-11(8-13(14)21(25)26)17(24)28-9-15(22)19-20-16(23)10-2-5-12(18)6-3-10/h2-8H,9H2,1H3,(H,19,22)(H,20,23). The molecule has 0 aromatic heterocycles. The third-order valence-corrected chi connectivity index (χ3v) is 3.90. The number of benzene rings is 2. The number of carbonyl (C=O) groups excluding carboxylic acids is 3. The lowest BCUT2D eigenvalue weighted by Crippen LogP contribution is -2.43. The Morgan fingerprint density at radius 3 is 2.32 bits per heavy atom. The van der Waals surface area contributed by atoms with Crippen LogP contribution in [0.1, 0.15) is 20.7 Å². The summed E-state index contributed by atoms with van der Waals surface area (Å²) < 4.78 is 10.4. The SMILES string of the molecule is COc1ccc(C(=O)OCC(=O)NNC(=O)c2ccc(Br)cc2)cc1[N+](=O)[O-]. The van der Waals surface area contributed by atoms with Crippen molar-refractivity contribution in [2.24, 2.45) is 0 Å². The molecule has 146 valence electrons. The number of ether oxygens (including phenoxy) is 2. The second-order valence-electron chi connectivity index (χ2n) is 5.23. The molecule has 0 bridgehead atoms. The molecular formula is C17H14BrN3O7. The van der Waals surface area contributed by atoms with E-state index in [4.69, 9.17) is 9.47 Å². The van der Waals surface area contributed by atoms with Crippen LogP contribution in [0.2, 0.25) is 0 Å². The van der Waals surface area contributed by atoms with Gasteiger partial charge >= 0.3 is 11.7 Å². The average molecular weight is 452 g/mol. The summed E-state index contributed by atoms with van der Waals surface area (Å²) in [6.45, 7) is -0.695. The molecule has 2 aromatic rings. The molecule has 0 aliphatic carbocycles. The maximum absolute atomic E-state index is 12.0. The number of hydrogen-bond donors (Lipinski definition) is 2. The number of amides is 2. The number of rotatable bonds is 6. The number of hydrazine groups is 1. The van der Waals surface area contributed by atoms with Gasteiger partial charge in [-0.15, -0.1) is 0 Å². The molecule has 2 rings (SSSR count). The van der Waals surface area contributed by atoms with Crippen molar-refractivity contribution in [1.82, 2.24) is 10.9 Å². The van der Waals surface area contributed by atoms with Gasteiger partial charge in [0.2, 0.25) is 0 Å². The third-order valence-electron chi connectivity index (χ3n) is 3.37. The van der Waals surface area contributed by atoms with Crippen molar-refractivity contribution >= 4 is 39.4 Å². The number of halogens is 1. The highest BCUT2D eigenvalue weighted by atomic mass is 79.9. The van der Waals surface area contributed by atoms with Gasteiger partial charge in [-0.2, -0.15) is 0 Å². The van der Waals surface area contributed by atoms with Crippen LogP contribution < -0.4 is 15.6 Å². The van der Waals surface area contributed by atoms with Crippen molar-refractivity contribution in [3.8, 4) is 5.75 Å². The van der Waals surface area contributed by atoms with Crippen LogP contribution in [0.3, 0.4) is 0 Å². The molecule has 0 saturated carbocycles. The number of hydrogen-bond acceptors (Lipinski definition) is 7. The Balaban J connectivity index is 1.87. The highest BCUT2D eigenvalue weighted by Gasteiger charge is 2.19. The van der Waals surface area contributed by atoms with E-state index in [9.17, 15) is 24.5 Å². The van der Waals surface area contributed by atoms with E-state index < -0.39 is 35.0 Å². The molecule has 0 fully saturated rings. The number of carbonyl (C=O) groups is 3. The monoisotopic (exact) mass is 451 g/mol. The normalized spacial score (nSPS) is 9.93. The number of methoxy groups -OCH3 is 1. The Hall–Kier alpha value is -3.47. The quantitative estimate of drug-likeness (QED) is 0.389. The van der Waals surface area contributed by atoms with Crippen molar-refractivity contribution in [2.75, 3.05) is 13.7 Å². The van der Waals surface area contributed by atoms with Crippen LogP contribution in [-0.2, 0) is 9.53 Å². The Labute approximate surface area is 167 Å². The molecule has 11 heteroatoms. The van der Waals surface area contributed by atoms with Gasteiger partial charge in [-0.05, 0) is 36.4 Å². The van der Waals surface area contributed by atoms with E-state index in [-0.39, 0.29) is 11.3 Å². The zero-order chi connectivity index (χ0) is 20.7. The molecule has 0 saturated heterocycles. The van der Waals surface area contributed by atoms with E-state index in [0.29, 0.717) is 5.56 Å². The van der Waals surface area contributed by atoms with Gasteiger partial charge in [0, 0.05) is 16.1 Å². The van der Waals surface area contributed by atoms with E-state index in [1.165, 1.54) is 19.2 Å². The number of nitro groups is 1. The van der Waals surface area contributed by atoms with Crippen LogP contribution in [0.4, 0.5) is 5.69 Å². The van der Waals surface area contributed by atoms with E-state index >= 15 is 0 Å². The fourth-order valence-corrected chi connectivity index (χ4v) is 2.27. The molecule has 2 amide bonds. The van der Waals surface area contributed by atoms with Gasteiger partial charge in [-0.1, -0.05) is 15.9 Å². The predicted molar refractivity (Wildman–Crippen MR) is 99.7 cm³/mol. The molecule has 28 heavy (non-hydrogen) atoms. The number of esters is 1. The molecule has 2 N–H and O–H groups in total. The van der Waals surface area contributed by atoms with Gasteiger partial charge in [0.25, 0.3) is 11.8 Å². The second-order valence-corrected chi connectivity index (χ2v) is 6.14. The number of nitrogens with one attached hydrogen (secondary N) is 2. The summed E-state index contributed by atoms with van der Waals surface area (Å²) >= 11 is 3.24. The predicted octanol–water partition coefficient (Wildman–Crippen LogP) is 1.98. The lowest BCUT2D eigenvalue weighted by atomic mass is 10.2. The Morgan fingerprint density at radius 1 is 1.07 bits per heavy atom. The van der Waals surface area contributed by atoms with Crippen LogP contribution >= 0.6 is 15.9 Å². The first-order chi connectivity index (χ1) is 13.3. The highest BCUT2D eigenvalue weighted by Crippen LogP contribution is 2.27. The summed E-state index contributed by atoms with van der Waals surface area (Å²) in [7, 11) is 1.26. The van der Waals surface area contributed by atoms with Crippen LogP contribution in [0.5, 0.6) is 5.75 Å². The summed E-state index contributed by atoms with van der Waals surface area (Å²) in [6.07, 6.45) is 0. The van der Waals surface area contributed by atoms with Crippen LogP contribution in [0.25, 0.3) is 0 Å². The maximum Gasteiger partial charge on any atom is 0.338 e. The van der Waals surface area contributed by atoms with Crippen LogP contribution in [-0.4, -0.2) is 36.4 Å². The van der Waals surface area contributed by atoms with Gasteiger partial charge in [0.15, 0.2) is 12.4 Å². The summed E-state index contributed by atoms with van der Waals surface area (Å²) in [5.41, 5.74) is 4.04. The zero-order valence-corrected chi connectivity index (χ0v) is 16.0. The van der Waals surface area contributed by atoms with Gasteiger partial charge in [0.05, 0.1) is 17.6 Å². The maximum atomic E-state index is 12.0. The van der Waals surface area contributed by atoms with E-state index in [1.807, 2.05) is 0 Å². The van der Waals surface area contributed by atoms with E-state index in [1.54, 1.807) is 24.3 Å². The van der Waals surface area contributed by atoms with Crippen molar-refractivity contribution in [1.29, 1.82) is 0 Å². The second kappa shape index (κ2) is 9.46. The Morgan fingerprint density at radius 2 is 1.71 bits per heavy atom. The van der Waals surface area contributed by atoms with E-state index in [2.05, 4.69) is 26.8 Å². The fraction of sp³-hybridized carbons (Fsp3) is 0.118. The highest BCUT2D eigenvalue weighted by molar-refractivity contribution is 9.10. The van der Waals surface area contributed by atoms with Gasteiger partial charge in [-0.25, -0.2) is 4.79 Å². The molecule has 0 spiro atoms. The minimum atomic E-state index is -0.944. The molecule has 0 aliphatic rings. The first-order valence-corrected chi connectivity index (χ1v) is 8.45. The zero-order valence-electron chi connectivity index (χ0n) is 14.4. The fourth-order valence-electron chi connectivity index (χ4n) is 2.01. The molecular weight excluding hydrogens is 438 g/mol. The molecule has 2 aromatic carbocycles. The Bertz CT molecular complexity index is 915. The summed E-state index contributed by atoms with van der Waals surface area (Å²) in [4.78, 5) is 45.8. The number of nitrogens with zero attached hydrogens (tertiary/aromatic N) is 1. The van der Waals surface area contributed by atoms with Crippen molar-refractivity contribution in [3.63, 3.8) is 0 Å². The van der Waals surface area contributed by atoms with E-state index in [0.717, 1.165) is 10.5 Å². The first kappa shape index (κ1) is 20.8. The van der Waals surface area contributed by atoms with Gasteiger partial charge < -0.3 is 9.47 Å². The topological polar surface area (TPSA) is 137 Å². The van der Waals surface area contributed by atoms with Gasteiger partial charge in [-0.3, -0.25) is 30.6 Å². The molecule has 0 heterocycles. The smallest absolute Gasteiger partial charge is 0.338 e. The molecule has 0 radical (unpaired) electrons. The summed E-state index contributed by atoms with van der Waals surface area (Å²) in [5, 5.41) is 11.0.